The van der Waals surface area contributed by atoms with Crippen LogP contribution in [0, 0.1) is 5.41 Å². The Kier molecular flexibility index (Phi) is 5.37. The van der Waals surface area contributed by atoms with Crippen LogP contribution in [0.3, 0.4) is 0 Å². The second-order valence-electron chi connectivity index (χ2n) is 5.40. The number of benzene rings is 1. The van der Waals surface area contributed by atoms with E-state index in [1.54, 1.807) is 19.1 Å². The summed E-state index contributed by atoms with van der Waals surface area (Å²) >= 11 is 1.43. The van der Waals surface area contributed by atoms with Crippen LogP contribution >= 0.6 is 11.3 Å². The highest BCUT2D eigenvalue weighted by Gasteiger charge is 2.13. The highest BCUT2D eigenvalue weighted by atomic mass is 32.1. The van der Waals surface area contributed by atoms with Gasteiger partial charge >= 0.3 is 5.97 Å². The minimum absolute atomic E-state index is 0.239. The van der Waals surface area contributed by atoms with E-state index in [1.807, 2.05) is 6.07 Å². The molecule has 8 nitrogen and oxygen atoms in total. The molecular formula is C17H18N6O2S. The summed E-state index contributed by atoms with van der Waals surface area (Å²) in [6.45, 7) is 2.15. The van der Waals surface area contributed by atoms with Crippen LogP contribution in [0.1, 0.15) is 23.9 Å². The summed E-state index contributed by atoms with van der Waals surface area (Å²) in [6, 6.07) is 5.31. The van der Waals surface area contributed by atoms with Crippen molar-refractivity contribution in [2.45, 2.75) is 19.8 Å². The van der Waals surface area contributed by atoms with Crippen LogP contribution < -0.4 is 11.1 Å². The number of aromatic nitrogens is 3. The van der Waals surface area contributed by atoms with Gasteiger partial charge in [-0.3, -0.25) is 4.79 Å². The molecule has 0 aliphatic rings. The highest BCUT2D eigenvalue weighted by Crippen LogP contribution is 2.28. The molecule has 0 saturated heterocycles. The predicted octanol–water partition coefficient (Wildman–Crippen LogP) is 2.91. The standard InChI is InChI=1S/C17H18N6O2S/c1-2-25-14(24)6-5-13-23-15-16(20-9-21-17(15)26-13)22-11-3-4-12(19)10(7-11)8-18/h3-4,7-9,18H,2,5-6,19H2,1H3,(H,20,21,22). The molecule has 0 saturated carbocycles. The van der Waals surface area contributed by atoms with Crippen LogP contribution in [0.2, 0.25) is 0 Å². The first-order chi connectivity index (χ1) is 12.6. The number of fused-ring (bicyclic) bond motifs is 1. The number of esters is 1. The predicted molar refractivity (Wildman–Crippen MR) is 102 cm³/mol. The normalized spacial score (nSPS) is 10.7. The third kappa shape index (κ3) is 3.94. The van der Waals surface area contributed by atoms with Crippen LogP contribution in [0.4, 0.5) is 17.2 Å². The Morgan fingerprint density at radius 1 is 1.42 bits per heavy atom. The lowest BCUT2D eigenvalue weighted by Gasteiger charge is -2.08. The van der Waals surface area contributed by atoms with Gasteiger partial charge in [0.25, 0.3) is 0 Å². The fourth-order valence-corrected chi connectivity index (χ4v) is 3.26. The van der Waals surface area contributed by atoms with Gasteiger partial charge in [0.1, 0.15) is 16.7 Å². The van der Waals surface area contributed by atoms with E-state index in [2.05, 4.69) is 20.3 Å². The van der Waals surface area contributed by atoms with Crippen LogP contribution in [0.15, 0.2) is 24.5 Å². The number of nitrogens with one attached hydrogen (secondary N) is 2. The molecule has 0 fully saturated rings. The average molecular weight is 370 g/mol. The van der Waals surface area contributed by atoms with Crippen molar-refractivity contribution < 1.29 is 9.53 Å². The van der Waals surface area contributed by atoms with E-state index in [0.717, 1.165) is 15.5 Å². The van der Waals surface area contributed by atoms with E-state index >= 15 is 0 Å². The maximum Gasteiger partial charge on any atom is 0.306 e. The van der Waals surface area contributed by atoms with Gasteiger partial charge in [0.05, 0.1) is 18.0 Å². The molecule has 0 aliphatic carbocycles. The first-order valence-corrected chi connectivity index (χ1v) is 8.85. The summed E-state index contributed by atoms with van der Waals surface area (Å²) < 4.78 is 4.94. The molecule has 2 aromatic heterocycles. The summed E-state index contributed by atoms with van der Waals surface area (Å²) in [4.78, 5) is 25.3. The van der Waals surface area contributed by atoms with Crippen molar-refractivity contribution in [1.29, 1.82) is 5.41 Å². The molecule has 2 heterocycles. The minimum Gasteiger partial charge on any atom is -0.466 e. The molecule has 9 heteroatoms. The molecule has 4 N–H and O–H groups in total. The van der Waals surface area contributed by atoms with Gasteiger partial charge in [-0.15, -0.1) is 0 Å². The average Bonchev–Trinajstić information content (AvgIpc) is 3.06. The van der Waals surface area contributed by atoms with Gasteiger partial charge in [0.2, 0.25) is 0 Å². The van der Waals surface area contributed by atoms with E-state index in [-0.39, 0.29) is 12.4 Å². The monoisotopic (exact) mass is 370 g/mol. The largest absolute Gasteiger partial charge is 0.466 e. The fourth-order valence-electron chi connectivity index (χ4n) is 2.35. The van der Waals surface area contributed by atoms with Crippen LogP contribution in [-0.2, 0) is 16.0 Å². The van der Waals surface area contributed by atoms with Crippen LogP contribution in [0.5, 0.6) is 0 Å². The lowest BCUT2D eigenvalue weighted by Crippen LogP contribution is -2.04. The Hall–Kier alpha value is -3.07. The molecule has 3 aromatic rings. The maximum absolute atomic E-state index is 11.5. The van der Waals surface area contributed by atoms with E-state index in [9.17, 15) is 4.79 Å². The highest BCUT2D eigenvalue weighted by molar-refractivity contribution is 7.18. The summed E-state index contributed by atoms with van der Waals surface area (Å²) in [7, 11) is 0. The molecule has 0 spiro atoms. The second-order valence-corrected chi connectivity index (χ2v) is 6.46. The number of carbonyl (C=O) groups is 1. The molecule has 1 aromatic carbocycles. The molecule has 0 amide bonds. The SMILES string of the molecule is CCOC(=O)CCc1nc2c(Nc3ccc(N)c(C=N)c3)ncnc2s1. The Balaban J connectivity index is 1.83. The van der Waals surface area contributed by atoms with Gasteiger partial charge in [-0.05, 0) is 25.1 Å². The first kappa shape index (κ1) is 17.7. The number of aryl methyl sites for hydroxylation is 1. The molecule has 0 bridgehead atoms. The van der Waals surface area contributed by atoms with Gasteiger partial charge in [0, 0.05) is 29.6 Å². The van der Waals surface area contributed by atoms with Gasteiger partial charge in [-0.1, -0.05) is 11.3 Å². The summed E-state index contributed by atoms with van der Waals surface area (Å²) in [5.74, 6) is 0.326. The summed E-state index contributed by atoms with van der Waals surface area (Å²) in [5, 5.41) is 11.4. The van der Waals surface area contributed by atoms with Crippen molar-refractivity contribution in [2.24, 2.45) is 0 Å². The number of carbonyl (C=O) groups excluding carboxylic acids is 1. The zero-order valence-corrected chi connectivity index (χ0v) is 15.0. The number of nitrogens with two attached hydrogens (primary N) is 1. The molecule has 3 rings (SSSR count). The zero-order valence-electron chi connectivity index (χ0n) is 14.2. The van der Waals surface area contributed by atoms with E-state index in [0.29, 0.717) is 35.6 Å². The Bertz CT molecular complexity index is 956. The lowest BCUT2D eigenvalue weighted by atomic mass is 10.1. The number of nitrogen functional groups attached to an aromatic ring is 1. The van der Waals surface area contributed by atoms with Crippen molar-refractivity contribution in [3.05, 3.63) is 35.1 Å². The summed E-state index contributed by atoms with van der Waals surface area (Å²) in [6.07, 6.45) is 3.45. The summed E-state index contributed by atoms with van der Waals surface area (Å²) in [5.41, 5.74) is 8.36. The number of thiazole rings is 1. The molecule has 0 aliphatic heterocycles. The van der Waals surface area contributed by atoms with Crippen LogP contribution in [0.25, 0.3) is 10.3 Å². The Labute approximate surface area is 154 Å². The molecule has 0 radical (unpaired) electrons. The van der Waals surface area contributed by atoms with Gasteiger partial charge < -0.3 is 21.2 Å². The van der Waals surface area contributed by atoms with Gasteiger partial charge in [0.15, 0.2) is 5.82 Å². The van der Waals surface area contributed by atoms with E-state index in [4.69, 9.17) is 15.9 Å². The number of hydrogen-bond acceptors (Lipinski definition) is 9. The van der Waals surface area contributed by atoms with Crippen molar-refractivity contribution in [1.82, 2.24) is 15.0 Å². The number of ether oxygens (including phenoxy) is 1. The van der Waals surface area contributed by atoms with Crippen molar-refractivity contribution in [3.63, 3.8) is 0 Å². The fraction of sp³-hybridized carbons (Fsp3) is 0.235. The minimum atomic E-state index is -0.239. The van der Waals surface area contributed by atoms with E-state index in [1.165, 1.54) is 23.9 Å². The van der Waals surface area contributed by atoms with Crippen molar-refractivity contribution >= 4 is 51.1 Å². The number of anilines is 3. The van der Waals surface area contributed by atoms with Crippen LogP contribution in [-0.4, -0.2) is 33.7 Å². The zero-order chi connectivity index (χ0) is 18.5. The maximum atomic E-state index is 11.5. The molecular weight excluding hydrogens is 352 g/mol. The third-order valence-electron chi connectivity index (χ3n) is 3.59. The number of nitrogens with zero attached hydrogens (tertiary/aromatic N) is 3. The first-order valence-electron chi connectivity index (χ1n) is 8.03. The quantitative estimate of drug-likeness (QED) is 0.331. The Morgan fingerprint density at radius 2 is 2.27 bits per heavy atom. The smallest absolute Gasteiger partial charge is 0.306 e. The molecule has 26 heavy (non-hydrogen) atoms. The number of rotatable bonds is 7. The van der Waals surface area contributed by atoms with E-state index < -0.39 is 0 Å². The second kappa shape index (κ2) is 7.87. The van der Waals surface area contributed by atoms with Gasteiger partial charge in [-0.25, -0.2) is 15.0 Å². The topological polar surface area (TPSA) is 127 Å². The molecule has 0 unspecified atom stereocenters. The number of hydrogen-bond donors (Lipinski definition) is 3. The van der Waals surface area contributed by atoms with Gasteiger partial charge in [-0.2, -0.15) is 0 Å². The third-order valence-corrected chi connectivity index (χ3v) is 4.62. The van der Waals surface area contributed by atoms with Crippen molar-refractivity contribution in [2.75, 3.05) is 17.7 Å². The molecule has 0 atom stereocenters. The van der Waals surface area contributed by atoms with Crippen molar-refractivity contribution in [3.8, 4) is 0 Å². The molecule has 134 valence electrons. The Morgan fingerprint density at radius 3 is 3.04 bits per heavy atom. The lowest BCUT2D eigenvalue weighted by molar-refractivity contribution is -0.143.